The van der Waals surface area contributed by atoms with Crippen LogP contribution in [0.5, 0.6) is 0 Å². The summed E-state index contributed by atoms with van der Waals surface area (Å²) in [6.45, 7) is 2.58. The second kappa shape index (κ2) is 11.0. The minimum atomic E-state index is -0.452. The van der Waals surface area contributed by atoms with Gasteiger partial charge in [0.2, 0.25) is 11.8 Å². The first kappa shape index (κ1) is 24.8. The van der Waals surface area contributed by atoms with Gasteiger partial charge < -0.3 is 20.5 Å². The van der Waals surface area contributed by atoms with Crippen molar-refractivity contribution in [2.45, 2.75) is 82.3 Å². The number of hydrogen-bond donors (Lipinski definition) is 3. The fraction of sp³-hybridized carbons (Fsp3) is 0.552. The molecule has 3 heterocycles. The molecule has 1 aromatic carbocycles. The van der Waals surface area contributed by atoms with Gasteiger partial charge in [0.15, 0.2) is 0 Å². The zero-order valence-electron chi connectivity index (χ0n) is 21.5. The minimum Gasteiger partial charge on any atom is -0.361 e. The van der Waals surface area contributed by atoms with Gasteiger partial charge in [-0.3, -0.25) is 14.6 Å². The van der Waals surface area contributed by atoms with Gasteiger partial charge in [0, 0.05) is 42.0 Å². The summed E-state index contributed by atoms with van der Waals surface area (Å²) in [5.41, 5.74) is 3.61. The molecule has 7 heteroatoms. The van der Waals surface area contributed by atoms with Crippen molar-refractivity contribution >= 4 is 28.9 Å². The lowest BCUT2D eigenvalue weighted by atomic mass is 9.82. The van der Waals surface area contributed by atoms with E-state index in [4.69, 9.17) is 0 Å². The summed E-state index contributed by atoms with van der Waals surface area (Å²) < 4.78 is 0. The zero-order valence-corrected chi connectivity index (χ0v) is 21.5. The van der Waals surface area contributed by atoms with Crippen molar-refractivity contribution in [1.29, 1.82) is 0 Å². The number of likely N-dealkylation sites (N-methyl/N-ethyl adjacent to an activating group) is 1. The van der Waals surface area contributed by atoms with Crippen molar-refractivity contribution in [1.82, 2.24) is 20.5 Å². The minimum absolute atomic E-state index is 0.0485. The Kier molecular flexibility index (Phi) is 7.56. The Labute approximate surface area is 213 Å². The third kappa shape index (κ3) is 4.99. The van der Waals surface area contributed by atoms with Gasteiger partial charge in [-0.05, 0) is 69.2 Å². The number of aromatic amines is 1. The quantitative estimate of drug-likeness (QED) is 0.543. The number of aromatic nitrogens is 1. The number of fused-ring (bicyclic) bond motifs is 1. The van der Waals surface area contributed by atoms with Gasteiger partial charge in [-0.15, -0.1) is 0 Å². The van der Waals surface area contributed by atoms with E-state index < -0.39 is 6.04 Å². The van der Waals surface area contributed by atoms with Crippen molar-refractivity contribution < 1.29 is 9.59 Å². The molecule has 1 aromatic heterocycles. The van der Waals surface area contributed by atoms with Crippen LogP contribution in [0.2, 0.25) is 0 Å². The van der Waals surface area contributed by atoms with Crippen LogP contribution in [-0.2, 0) is 9.59 Å². The number of carbonyl (C=O) groups is 2. The number of para-hydroxylation sites is 1. The summed E-state index contributed by atoms with van der Waals surface area (Å²) in [5.74, 6) is 0.375. The second-order valence-electron chi connectivity index (χ2n) is 10.7. The van der Waals surface area contributed by atoms with E-state index in [2.05, 4.69) is 45.0 Å². The maximum atomic E-state index is 14.0. The van der Waals surface area contributed by atoms with E-state index in [0.717, 1.165) is 57.0 Å². The summed E-state index contributed by atoms with van der Waals surface area (Å²) in [6, 6.07) is 7.64. The first-order valence-corrected chi connectivity index (χ1v) is 13.6. The van der Waals surface area contributed by atoms with E-state index in [0.29, 0.717) is 0 Å². The lowest BCUT2D eigenvalue weighted by Crippen LogP contribution is -2.56. The van der Waals surface area contributed by atoms with Crippen molar-refractivity contribution in [2.24, 2.45) is 10.9 Å². The smallest absolute Gasteiger partial charge is 0.245 e. The first-order chi connectivity index (χ1) is 17.6. The summed E-state index contributed by atoms with van der Waals surface area (Å²) in [5, 5.41) is 7.38. The largest absolute Gasteiger partial charge is 0.361 e. The molecule has 2 aliphatic heterocycles. The molecule has 3 unspecified atom stereocenters. The van der Waals surface area contributed by atoms with Crippen LogP contribution in [0, 0.1) is 5.92 Å². The summed E-state index contributed by atoms with van der Waals surface area (Å²) >= 11 is 0. The van der Waals surface area contributed by atoms with Crippen LogP contribution >= 0.6 is 0 Å². The average molecular weight is 490 g/mol. The molecule has 5 rings (SSSR count). The highest BCUT2D eigenvalue weighted by Crippen LogP contribution is 2.37. The molecule has 36 heavy (non-hydrogen) atoms. The molecule has 2 fully saturated rings. The van der Waals surface area contributed by atoms with Crippen LogP contribution in [0.25, 0.3) is 10.9 Å². The molecular weight excluding hydrogens is 450 g/mol. The van der Waals surface area contributed by atoms with Gasteiger partial charge >= 0.3 is 0 Å². The number of benzene rings is 1. The molecule has 4 atom stereocenters. The van der Waals surface area contributed by atoms with Crippen molar-refractivity contribution in [3.05, 3.63) is 47.8 Å². The van der Waals surface area contributed by atoms with Crippen molar-refractivity contribution in [2.75, 3.05) is 13.6 Å². The van der Waals surface area contributed by atoms with Crippen LogP contribution in [-0.4, -0.2) is 59.6 Å². The zero-order chi connectivity index (χ0) is 25.1. The fourth-order valence-electron chi connectivity index (χ4n) is 6.27. The molecule has 0 radical (unpaired) electrons. The van der Waals surface area contributed by atoms with E-state index in [1.54, 1.807) is 7.05 Å². The van der Waals surface area contributed by atoms with Crippen LogP contribution < -0.4 is 10.6 Å². The number of hydrogen-bond acceptors (Lipinski definition) is 4. The first-order valence-electron chi connectivity index (χ1n) is 13.6. The van der Waals surface area contributed by atoms with E-state index in [1.807, 2.05) is 30.3 Å². The SMILES string of the molecule is CN[C@@H](C)C(=O)NC(C(=O)N1CCCC1C1=CN=CC(c2c[nH]c3ccccc23)C1)C1CCCCC1. The van der Waals surface area contributed by atoms with Gasteiger partial charge in [0.1, 0.15) is 6.04 Å². The van der Waals surface area contributed by atoms with Gasteiger partial charge in [0.05, 0.1) is 12.1 Å². The van der Waals surface area contributed by atoms with E-state index in [-0.39, 0.29) is 35.7 Å². The predicted molar refractivity (Wildman–Crippen MR) is 144 cm³/mol. The van der Waals surface area contributed by atoms with Crippen molar-refractivity contribution in [3.63, 3.8) is 0 Å². The van der Waals surface area contributed by atoms with Gasteiger partial charge in [0.25, 0.3) is 0 Å². The summed E-state index contributed by atoms with van der Waals surface area (Å²) in [7, 11) is 1.78. The molecule has 192 valence electrons. The molecule has 1 aliphatic carbocycles. The van der Waals surface area contributed by atoms with Gasteiger partial charge in [-0.2, -0.15) is 0 Å². The van der Waals surface area contributed by atoms with E-state index >= 15 is 0 Å². The molecular formula is C29H39N5O2. The Hall–Kier alpha value is -2.93. The maximum Gasteiger partial charge on any atom is 0.245 e. The Balaban J connectivity index is 1.35. The van der Waals surface area contributed by atoms with Crippen LogP contribution in [0.3, 0.4) is 0 Å². The monoisotopic (exact) mass is 489 g/mol. The third-order valence-corrected chi connectivity index (χ3v) is 8.46. The Bertz CT molecular complexity index is 1150. The van der Waals surface area contributed by atoms with E-state index in [1.165, 1.54) is 22.9 Å². The molecule has 1 saturated heterocycles. The number of carbonyl (C=O) groups excluding carboxylic acids is 2. The predicted octanol–water partition coefficient (Wildman–Crippen LogP) is 4.27. The maximum absolute atomic E-state index is 14.0. The Morgan fingerprint density at radius 2 is 1.92 bits per heavy atom. The molecule has 2 aromatic rings. The van der Waals surface area contributed by atoms with Crippen LogP contribution in [0.15, 0.2) is 47.2 Å². The normalized spacial score (nSPS) is 24.5. The molecule has 3 aliphatic rings. The summed E-state index contributed by atoms with van der Waals surface area (Å²) in [4.78, 5) is 37.0. The van der Waals surface area contributed by atoms with Crippen LogP contribution in [0.1, 0.15) is 69.8 Å². The number of nitrogens with one attached hydrogen (secondary N) is 3. The number of aliphatic imine (C=N–C) groups is 1. The fourth-order valence-corrected chi connectivity index (χ4v) is 6.27. The van der Waals surface area contributed by atoms with Crippen LogP contribution in [0.4, 0.5) is 0 Å². The molecule has 3 N–H and O–H groups in total. The molecule has 1 saturated carbocycles. The molecule has 7 nitrogen and oxygen atoms in total. The molecule has 2 amide bonds. The second-order valence-corrected chi connectivity index (χ2v) is 10.7. The third-order valence-electron chi connectivity index (χ3n) is 8.46. The summed E-state index contributed by atoms with van der Waals surface area (Å²) in [6.07, 6.45) is 14.4. The lowest BCUT2D eigenvalue weighted by Gasteiger charge is -2.36. The van der Waals surface area contributed by atoms with E-state index in [9.17, 15) is 9.59 Å². The average Bonchev–Trinajstić information content (AvgIpc) is 3.59. The molecule has 0 spiro atoms. The van der Waals surface area contributed by atoms with Crippen molar-refractivity contribution in [3.8, 4) is 0 Å². The highest BCUT2D eigenvalue weighted by Gasteiger charge is 2.40. The number of H-pyrrole nitrogens is 1. The lowest BCUT2D eigenvalue weighted by molar-refractivity contribution is -0.139. The standard InChI is InChI=1S/C29H39N5O2/c1-19(30-2)28(35)33-27(20-9-4-3-5-10-20)29(36)34-14-8-13-26(34)22-15-21(16-31-17-22)24-18-32-25-12-7-6-11-23(24)25/h6-7,11-12,16-21,26-27,30,32H,3-5,8-10,13-15H2,1-2H3,(H,33,35)/t19-,21?,26?,27?/m0/s1. The topological polar surface area (TPSA) is 89.6 Å². The number of rotatable bonds is 7. The number of likely N-dealkylation sites (tertiary alicyclic amines) is 1. The highest BCUT2D eigenvalue weighted by molar-refractivity contribution is 5.91. The Morgan fingerprint density at radius 1 is 1.11 bits per heavy atom. The van der Waals surface area contributed by atoms with Gasteiger partial charge in [-0.25, -0.2) is 0 Å². The Morgan fingerprint density at radius 3 is 2.72 bits per heavy atom. The highest BCUT2D eigenvalue weighted by atomic mass is 16.2. The number of nitrogens with zero attached hydrogens (tertiary/aromatic N) is 2. The van der Waals surface area contributed by atoms with Gasteiger partial charge in [-0.1, -0.05) is 37.5 Å². The molecule has 0 bridgehead atoms. The number of amides is 2.